The summed E-state index contributed by atoms with van der Waals surface area (Å²) >= 11 is 2.44. The van der Waals surface area contributed by atoms with Crippen molar-refractivity contribution in [2.45, 2.75) is 25.8 Å². The molecule has 136 valence electrons. The third-order valence-electron chi connectivity index (χ3n) is 5.22. The topological polar surface area (TPSA) is 70.2 Å². The molecular weight excluding hydrogens is 441 g/mol. The molecule has 2 aromatic rings. The maximum atomic E-state index is 11.1. The molecule has 3 atom stereocenters. The Morgan fingerprint density at radius 3 is 2.35 bits per heavy atom. The average Bonchev–Trinajstić information content (AvgIpc) is 3.12. The molecule has 7 heteroatoms. The number of carbonyl (C=O) groups is 1. The first-order valence-electron chi connectivity index (χ1n) is 8.96. The van der Waals surface area contributed by atoms with Crippen LogP contribution in [0.4, 0.5) is 11.5 Å². The average molecular weight is 463 g/mol. The first-order chi connectivity index (χ1) is 12.6. The van der Waals surface area contributed by atoms with E-state index in [2.05, 4.69) is 46.8 Å². The highest BCUT2D eigenvalue weighted by Gasteiger charge is 2.40. The molecule has 0 spiro atoms. The molecule has 26 heavy (non-hydrogen) atoms. The Balaban J connectivity index is 1.37. The van der Waals surface area contributed by atoms with E-state index in [4.69, 9.17) is 0 Å². The second-order valence-corrected chi connectivity index (χ2v) is 8.59. The second kappa shape index (κ2) is 7.48. The maximum absolute atomic E-state index is 11.1. The zero-order valence-corrected chi connectivity index (χ0v) is 16.8. The highest BCUT2D eigenvalue weighted by Crippen LogP contribution is 2.40. The molecule has 2 aliphatic rings. The van der Waals surface area contributed by atoms with Crippen LogP contribution in [-0.2, 0) is 4.79 Å². The van der Waals surface area contributed by atoms with Gasteiger partial charge in [-0.1, -0.05) is 12.1 Å². The Morgan fingerprint density at radius 1 is 1.08 bits per heavy atom. The fraction of sp³-hybridized carbons (Fsp3) is 0.421. The van der Waals surface area contributed by atoms with Gasteiger partial charge in [-0.2, -0.15) is 0 Å². The van der Waals surface area contributed by atoms with Gasteiger partial charge in [-0.3, -0.25) is 4.79 Å². The first-order valence-corrected chi connectivity index (χ1v) is 9.92. The minimum absolute atomic E-state index is 0.0739. The largest absolute Gasteiger partial charge is 0.366 e. The van der Waals surface area contributed by atoms with Crippen LogP contribution in [-0.4, -0.2) is 38.3 Å². The van der Waals surface area contributed by atoms with Gasteiger partial charge in [0.25, 0.3) is 0 Å². The maximum Gasteiger partial charge on any atom is 0.221 e. The molecule has 6 nitrogen and oxygen atoms in total. The summed E-state index contributed by atoms with van der Waals surface area (Å²) in [5.74, 6) is 2.41. The highest BCUT2D eigenvalue weighted by molar-refractivity contribution is 14.1. The van der Waals surface area contributed by atoms with E-state index in [1.54, 1.807) is 0 Å². The molecule has 0 radical (unpaired) electrons. The number of nitrogens with zero attached hydrogens (tertiary/aromatic N) is 3. The molecule has 2 fully saturated rings. The molecule has 1 saturated carbocycles. The van der Waals surface area contributed by atoms with Gasteiger partial charge in [0.15, 0.2) is 0 Å². The van der Waals surface area contributed by atoms with E-state index in [-0.39, 0.29) is 5.91 Å². The van der Waals surface area contributed by atoms with Gasteiger partial charge in [-0.15, -0.1) is 10.2 Å². The second-order valence-electron chi connectivity index (χ2n) is 7.22. The molecule has 1 amide bonds. The van der Waals surface area contributed by atoms with Crippen molar-refractivity contribution in [2.24, 2.45) is 11.8 Å². The van der Waals surface area contributed by atoms with E-state index in [1.165, 1.54) is 32.9 Å². The quantitative estimate of drug-likeness (QED) is 0.536. The Hall–Kier alpha value is -1.74. The van der Waals surface area contributed by atoms with Crippen molar-refractivity contribution in [2.75, 3.05) is 23.7 Å². The predicted molar refractivity (Wildman–Crippen MR) is 111 cm³/mol. The van der Waals surface area contributed by atoms with E-state index in [0.717, 1.165) is 34.6 Å². The first kappa shape index (κ1) is 17.7. The zero-order valence-electron chi connectivity index (χ0n) is 14.7. The lowest BCUT2D eigenvalue weighted by Gasteiger charge is -2.15. The smallest absolute Gasteiger partial charge is 0.221 e. The van der Waals surface area contributed by atoms with Crippen molar-refractivity contribution in [1.29, 1.82) is 0 Å². The van der Waals surface area contributed by atoms with Gasteiger partial charge in [0, 0.05) is 60.2 Å². The van der Waals surface area contributed by atoms with Crippen LogP contribution in [0.2, 0.25) is 0 Å². The summed E-state index contributed by atoms with van der Waals surface area (Å²) < 4.78 is 2.41. The monoisotopic (exact) mass is 463 g/mol. The number of halogens is 1. The van der Waals surface area contributed by atoms with Crippen molar-refractivity contribution in [3.05, 3.63) is 36.4 Å². The van der Waals surface area contributed by atoms with Crippen LogP contribution in [0, 0.1) is 11.8 Å². The minimum Gasteiger partial charge on any atom is -0.366 e. The molecular formula is C19H22IN5O. The van der Waals surface area contributed by atoms with Crippen LogP contribution in [0.25, 0.3) is 11.3 Å². The Labute approximate surface area is 167 Å². The number of nitrogens with one attached hydrogen (secondary N) is 2. The number of benzene rings is 1. The summed E-state index contributed by atoms with van der Waals surface area (Å²) in [6, 6.07) is 12.1. The van der Waals surface area contributed by atoms with Gasteiger partial charge >= 0.3 is 0 Å². The summed E-state index contributed by atoms with van der Waals surface area (Å²) in [6.07, 6.45) is 2.44. The fourth-order valence-electron chi connectivity index (χ4n) is 4.06. The molecule has 1 aliphatic carbocycles. The normalized spacial score (nSPS) is 25.1. The van der Waals surface area contributed by atoms with Crippen molar-refractivity contribution in [3.63, 3.8) is 0 Å². The number of hydrogen-bond acceptors (Lipinski definition) is 5. The Kier molecular flexibility index (Phi) is 5.08. The summed E-state index contributed by atoms with van der Waals surface area (Å²) in [6.45, 7) is 3.92. The van der Waals surface area contributed by atoms with E-state index >= 15 is 0 Å². The number of hydrogen-bond donors (Lipinski definition) is 2. The highest BCUT2D eigenvalue weighted by atomic mass is 127. The number of carbonyl (C=O) groups excluding carboxylic acids is 1. The summed E-state index contributed by atoms with van der Waals surface area (Å²) in [5, 5.41) is 15.0. The van der Waals surface area contributed by atoms with E-state index in [9.17, 15) is 4.79 Å². The Morgan fingerprint density at radius 2 is 1.77 bits per heavy atom. The summed E-state index contributed by atoms with van der Waals surface area (Å²) in [4.78, 5) is 11.1. The zero-order chi connectivity index (χ0) is 18.1. The summed E-state index contributed by atoms with van der Waals surface area (Å²) in [5.41, 5.74) is 2.59. The van der Waals surface area contributed by atoms with Crippen LogP contribution in [0.3, 0.4) is 0 Å². The number of anilines is 2. The molecule has 1 aromatic carbocycles. The minimum atomic E-state index is -0.0739. The lowest BCUT2D eigenvalue weighted by Crippen LogP contribution is -2.20. The lowest BCUT2D eigenvalue weighted by atomic mass is 10.0. The third-order valence-corrected chi connectivity index (χ3v) is 6.01. The van der Waals surface area contributed by atoms with Crippen molar-refractivity contribution >= 4 is 40.3 Å². The van der Waals surface area contributed by atoms with Gasteiger partial charge in [0.1, 0.15) is 5.82 Å². The molecule has 2 N–H and O–H groups in total. The molecule has 1 aliphatic heterocycles. The third kappa shape index (κ3) is 3.98. The molecule has 1 saturated heterocycles. The van der Waals surface area contributed by atoms with E-state index < -0.39 is 0 Å². The van der Waals surface area contributed by atoms with Crippen molar-refractivity contribution in [3.8, 4) is 11.3 Å². The molecule has 0 bridgehead atoms. The molecule has 4 rings (SSSR count). The van der Waals surface area contributed by atoms with Gasteiger partial charge < -0.3 is 10.6 Å². The van der Waals surface area contributed by atoms with Gasteiger partial charge in [0.2, 0.25) is 5.91 Å². The van der Waals surface area contributed by atoms with Crippen LogP contribution < -0.4 is 10.6 Å². The Bertz CT molecular complexity index is 766. The summed E-state index contributed by atoms with van der Waals surface area (Å²) in [7, 11) is 0. The van der Waals surface area contributed by atoms with E-state index in [1.807, 2.05) is 36.4 Å². The standard InChI is InChI=1S/C19H22IN5O/c1-12(26)21-16-4-2-13(3-5-16)18-6-7-19(24-23-18)22-17-8-14-10-25(20)11-15(14)9-17/h2-7,14-15,17H,8-11H2,1H3,(H,21,26)(H,22,24)/t14-,15?,17-/m1/s1. The van der Waals surface area contributed by atoms with Crippen molar-refractivity contribution < 1.29 is 4.79 Å². The number of fused-ring (bicyclic) bond motifs is 1. The van der Waals surface area contributed by atoms with Gasteiger partial charge in [-0.05, 0) is 48.9 Å². The van der Waals surface area contributed by atoms with Crippen LogP contribution in [0.1, 0.15) is 19.8 Å². The fourth-order valence-corrected chi connectivity index (χ4v) is 5.07. The van der Waals surface area contributed by atoms with Crippen LogP contribution in [0.5, 0.6) is 0 Å². The number of aromatic nitrogens is 2. The van der Waals surface area contributed by atoms with E-state index in [0.29, 0.717) is 6.04 Å². The molecule has 2 heterocycles. The molecule has 1 aromatic heterocycles. The van der Waals surface area contributed by atoms with Crippen LogP contribution in [0.15, 0.2) is 36.4 Å². The SMILES string of the molecule is CC(=O)Nc1ccc(-c2ccc(N[C@H]3CC4CN(I)C[C@H]4C3)nn2)cc1. The number of amides is 1. The predicted octanol–water partition coefficient (Wildman–Crippen LogP) is 3.57. The molecule has 1 unspecified atom stereocenters. The van der Waals surface area contributed by atoms with Crippen LogP contribution >= 0.6 is 22.9 Å². The van der Waals surface area contributed by atoms with Crippen molar-refractivity contribution in [1.82, 2.24) is 13.3 Å². The van der Waals surface area contributed by atoms with Gasteiger partial charge in [0.05, 0.1) is 5.69 Å². The number of rotatable bonds is 4. The lowest BCUT2D eigenvalue weighted by molar-refractivity contribution is -0.114. The van der Waals surface area contributed by atoms with Gasteiger partial charge in [-0.25, -0.2) is 3.11 Å².